The second-order valence-corrected chi connectivity index (χ2v) is 6.79. The van der Waals surface area contributed by atoms with Gasteiger partial charge in [-0.15, -0.1) is 0 Å². The minimum absolute atomic E-state index is 0.114. The van der Waals surface area contributed by atoms with Gasteiger partial charge in [0.05, 0.1) is 14.2 Å². The Bertz CT molecular complexity index is 976. The van der Waals surface area contributed by atoms with E-state index < -0.39 is 0 Å². The first-order chi connectivity index (χ1) is 14.2. The molecule has 0 atom stereocenters. The highest BCUT2D eigenvalue weighted by Crippen LogP contribution is 2.25. The monoisotopic (exact) mass is 393 g/mol. The summed E-state index contributed by atoms with van der Waals surface area (Å²) < 4.78 is 15.8. The highest BCUT2D eigenvalue weighted by atomic mass is 16.5. The molecule has 1 saturated heterocycles. The van der Waals surface area contributed by atoms with Gasteiger partial charge < -0.3 is 23.8 Å². The normalized spacial score (nSPS) is 14.0. The molecule has 2 heterocycles. The molecule has 0 bridgehead atoms. The van der Waals surface area contributed by atoms with Crippen LogP contribution in [0.3, 0.4) is 0 Å². The van der Waals surface area contributed by atoms with Gasteiger partial charge in [0, 0.05) is 43.5 Å². The van der Waals surface area contributed by atoms with Crippen molar-refractivity contribution in [2.24, 2.45) is 0 Å². The zero-order valence-corrected chi connectivity index (χ0v) is 16.5. The van der Waals surface area contributed by atoms with Crippen LogP contribution in [0.5, 0.6) is 11.5 Å². The number of piperazine rings is 1. The van der Waals surface area contributed by atoms with Gasteiger partial charge in [-0.2, -0.15) is 0 Å². The molecule has 0 saturated carbocycles. The van der Waals surface area contributed by atoms with Gasteiger partial charge in [-0.3, -0.25) is 4.79 Å². The molecule has 150 valence electrons. The summed E-state index contributed by atoms with van der Waals surface area (Å²) in [5, 5.41) is 3.98. The Morgan fingerprint density at radius 1 is 0.931 bits per heavy atom. The maximum absolute atomic E-state index is 12.8. The van der Waals surface area contributed by atoms with Crippen molar-refractivity contribution in [3.63, 3.8) is 0 Å². The smallest absolute Gasteiger partial charge is 0.276 e. The fraction of sp³-hybridized carbons (Fsp3) is 0.273. The third-order valence-corrected chi connectivity index (χ3v) is 5.09. The van der Waals surface area contributed by atoms with Crippen LogP contribution in [0.1, 0.15) is 10.5 Å². The van der Waals surface area contributed by atoms with Crippen molar-refractivity contribution < 1.29 is 18.8 Å². The molecule has 29 heavy (non-hydrogen) atoms. The van der Waals surface area contributed by atoms with Gasteiger partial charge in [0.15, 0.2) is 11.5 Å². The summed E-state index contributed by atoms with van der Waals surface area (Å²) in [6.07, 6.45) is 0. The molecule has 4 rings (SSSR count). The number of amides is 1. The van der Waals surface area contributed by atoms with E-state index in [4.69, 9.17) is 14.0 Å². The van der Waals surface area contributed by atoms with E-state index in [1.807, 2.05) is 53.4 Å². The van der Waals surface area contributed by atoms with Crippen LogP contribution in [0.15, 0.2) is 59.1 Å². The first kappa shape index (κ1) is 18.9. The number of anilines is 1. The third-order valence-electron chi connectivity index (χ3n) is 5.09. The second-order valence-electron chi connectivity index (χ2n) is 6.79. The van der Waals surface area contributed by atoms with Crippen molar-refractivity contribution >= 4 is 11.6 Å². The standard InChI is InChI=1S/C22H23N3O4/c1-27-18-8-6-17(7-9-18)24-10-12-25(13-11-24)22(26)20-15-21(29-23-20)16-4-3-5-19(14-16)28-2/h3-9,14-15H,10-13H2,1-2H3. The third kappa shape index (κ3) is 4.03. The minimum atomic E-state index is -0.114. The predicted molar refractivity (Wildman–Crippen MR) is 110 cm³/mol. The predicted octanol–water partition coefficient (Wildman–Crippen LogP) is 3.32. The molecular formula is C22H23N3O4. The lowest BCUT2D eigenvalue weighted by atomic mass is 10.1. The summed E-state index contributed by atoms with van der Waals surface area (Å²) in [4.78, 5) is 16.9. The Balaban J connectivity index is 1.40. The lowest BCUT2D eigenvalue weighted by Crippen LogP contribution is -2.48. The molecule has 7 nitrogen and oxygen atoms in total. The first-order valence-corrected chi connectivity index (χ1v) is 9.47. The van der Waals surface area contributed by atoms with Crippen LogP contribution in [0.25, 0.3) is 11.3 Å². The van der Waals surface area contributed by atoms with Gasteiger partial charge in [-0.05, 0) is 36.4 Å². The number of aromatic nitrogens is 1. The van der Waals surface area contributed by atoms with Gasteiger partial charge >= 0.3 is 0 Å². The summed E-state index contributed by atoms with van der Waals surface area (Å²) in [7, 11) is 3.27. The molecule has 7 heteroatoms. The van der Waals surface area contributed by atoms with Crippen molar-refractivity contribution in [1.29, 1.82) is 0 Å². The average Bonchev–Trinajstić information content (AvgIpc) is 3.29. The SMILES string of the molecule is COc1ccc(N2CCN(C(=O)c3cc(-c4cccc(OC)c4)on3)CC2)cc1. The van der Waals surface area contributed by atoms with Crippen LogP contribution in [0.2, 0.25) is 0 Å². The molecule has 0 radical (unpaired) electrons. The highest BCUT2D eigenvalue weighted by Gasteiger charge is 2.25. The molecule has 0 unspecified atom stereocenters. The van der Waals surface area contributed by atoms with Gasteiger partial charge in [0.2, 0.25) is 0 Å². The maximum atomic E-state index is 12.8. The maximum Gasteiger partial charge on any atom is 0.276 e. The quantitative estimate of drug-likeness (QED) is 0.662. The molecule has 0 aliphatic carbocycles. The van der Waals surface area contributed by atoms with E-state index in [9.17, 15) is 4.79 Å². The summed E-state index contributed by atoms with van der Waals surface area (Å²) in [6.45, 7) is 2.79. The summed E-state index contributed by atoms with van der Waals surface area (Å²) >= 11 is 0. The van der Waals surface area contributed by atoms with E-state index in [0.717, 1.165) is 35.8 Å². The van der Waals surface area contributed by atoms with Crippen molar-refractivity contribution in [2.45, 2.75) is 0 Å². The highest BCUT2D eigenvalue weighted by molar-refractivity contribution is 5.93. The van der Waals surface area contributed by atoms with E-state index >= 15 is 0 Å². The first-order valence-electron chi connectivity index (χ1n) is 9.47. The zero-order chi connectivity index (χ0) is 20.2. The molecule has 1 aromatic heterocycles. The molecule has 0 N–H and O–H groups in total. The molecule has 3 aromatic rings. The Kier molecular flexibility index (Phi) is 5.37. The number of hydrogen-bond donors (Lipinski definition) is 0. The number of carbonyl (C=O) groups is 1. The van der Waals surface area contributed by atoms with Crippen LogP contribution >= 0.6 is 0 Å². The Labute approximate surface area is 169 Å². The van der Waals surface area contributed by atoms with E-state index in [-0.39, 0.29) is 5.91 Å². The summed E-state index contributed by atoms with van der Waals surface area (Å²) in [5.74, 6) is 1.99. The van der Waals surface area contributed by atoms with Crippen molar-refractivity contribution in [2.75, 3.05) is 45.3 Å². The van der Waals surface area contributed by atoms with Gasteiger partial charge in [-0.1, -0.05) is 17.3 Å². The van der Waals surface area contributed by atoms with E-state index in [0.29, 0.717) is 24.5 Å². The molecule has 1 aliphatic rings. The molecule has 0 spiro atoms. The number of carbonyl (C=O) groups excluding carboxylic acids is 1. The topological polar surface area (TPSA) is 68.0 Å². The van der Waals surface area contributed by atoms with Crippen LogP contribution < -0.4 is 14.4 Å². The number of hydrogen-bond acceptors (Lipinski definition) is 6. The molecule has 1 fully saturated rings. The fourth-order valence-electron chi connectivity index (χ4n) is 3.41. The van der Waals surface area contributed by atoms with Gasteiger partial charge in [-0.25, -0.2) is 0 Å². The largest absolute Gasteiger partial charge is 0.497 e. The zero-order valence-electron chi connectivity index (χ0n) is 16.5. The summed E-state index contributed by atoms with van der Waals surface area (Å²) in [5.41, 5.74) is 2.26. The van der Waals surface area contributed by atoms with Crippen molar-refractivity contribution in [3.8, 4) is 22.8 Å². The lowest BCUT2D eigenvalue weighted by Gasteiger charge is -2.35. The Morgan fingerprint density at radius 2 is 1.66 bits per heavy atom. The van der Waals surface area contributed by atoms with E-state index in [1.165, 1.54) is 0 Å². The minimum Gasteiger partial charge on any atom is -0.497 e. The molecular weight excluding hydrogens is 370 g/mol. The van der Waals surface area contributed by atoms with Crippen LogP contribution in [0, 0.1) is 0 Å². The van der Waals surface area contributed by atoms with Crippen LogP contribution in [-0.2, 0) is 0 Å². The van der Waals surface area contributed by atoms with E-state index in [2.05, 4.69) is 10.1 Å². The number of rotatable bonds is 5. The van der Waals surface area contributed by atoms with E-state index in [1.54, 1.807) is 20.3 Å². The second kappa shape index (κ2) is 8.26. The fourth-order valence-corrected chi connectivity index (χ4v) is 3.41. The Hall–Kier alpha value is -3.48. The lowest BCUT2D eigenvalue weighted by molar-refractivity contribution is 0.0736. The van der Waals surface area contributed by atoms with Gasteiger partial charge in [0.1, 0.15) is 11.5 Å². The molecule has 2 aromatic carbocycles. The van der Waals surface area contributed by atoms with Crippen LogP contribution in [0.4, 0.5) is 5.69 Å². The average molecular weight is 393 g/mol. The number of nitrogens with zero attached hydrogens (tertiary/aromatic N) is 3. The van der Waals surface area contributed by atoms with Crippen molar-refractivity contribution in [3.05, 3.63) is 60.3 Å². The Morgan fingerprint density at radius 3 is 2.34 bits per heavy atom. The molecule has 1 aliphatic heterocycles. The number of methoxy groups -OCH3 is 2. The van der Waals surface area contributed by atoms with Crippen LogP contribution in [-0.4, -0.2) is 56.4 Å². The summed E-state index contributed by atoms with van der Waals surface area (Å²) in [6, 6.07) is 17.1. The molecule has 1 amide bonds. The number of ether oxygens (including phenoxy) is 2. The number of benzene rings is 2. The van der Waals surface area contributed by atoms with Gasteiger partial charge in [0.25, 0.3) is 5.91 Å². The van der Waals surface area contributed by atoms with Crippen molar-refractivity contribution in [1.82, 2.24) is 10.1 Å².